The van der Waals surface area contributed by atoms with E-state index in [9.17, 15) is 14.4 Å². The van der Waals surface area contributed by atoms with Gasteiger partial charge in [0.05, 0.1) is 12.6 Å². The molecule has 0 aliphatic carbocycles. The highest BCUT2D eigenvalue weighted by molar-refractivity contribution is 6.07. The standard InChI is InChI=1S/C23H28N2O4/c1-7-13-25(22(27)18-11-9-14(3)10-12-18)17(6)21(26)19-15(4)20(24-16(19)5)23(28)29-8-2/h7,9-12,17,24H,1,8,13H2,2-6H3/t17-/m0/s1. The predicted octanol–water partition coefficient (Wildman–Crippen LogP) is 4.02. The van der Waals surface area contributed by atoms with Crippen LogP contribution in [0.25, 0.3) is 0 Å². The van der Waals surface area contributed by atoms with Gasteiger partial charge in [-0.2, -0.15) is 0 Å². The van der Waals surface area contributed by atoms with Gasteiger partial charge in [-0.15, -0.1) is 6.58 Å². The monoisotopic (exact) mass is 396 g/mol. The number of ketones is 1. The number of ether oxygens (including phenoxy) is 1. The second-order valence-electron chi connectivity index (χ2n) is 7.00. The van der Waals surface area contributed by atoms with E-state index in [2.05, 4.69) is 11.6 Å². The number of Topliss-reactive ketones (excluding diaryl/α,β-unsaturated/α-hetero) is 1. The number of rotatable bonds is 8. The van der Waals surface area contributed by atoms with Crippen molar-refractivity contribution in [2.75, 3.05) is 13.2 Å². The van der Waals surface area contributed by atoms with Crippen LogP contribution in [0.4, 0.5) is 0 Å². The van der Waals surface area contributed by atoms with Crippen LogP contribution in [0.5, 0.6) is 0 Å². The zero-order valence-electron chi connectivity index (χ0n) is 17.7. The molecule has 0 saturated carbocycles. The largest absolute Gasteiger partial charge is 0.461 e. The van der Waals surface area contributed by atoms with Crippen molar-refractivity contribution in [3.05, 3.63) is 70.6 Å². The molecule has 6 heteroatoms. The number of hydrogen-bond acceptors (Lipinski definition) is 4. The van der Waals surface area contributed by atoms with Crippen LogP contribution < -0.4 is 0 Å². The Hall–Kier alpha value is -3.15. The smallest absolute Gasteiger partial charge is 0.355 e. The van der Waals surface area contributed by atoms with Gasteiger partial charge < -0.3 is 14.6 Å². The second-order valence-corrected chi connectivity index (χ2v) is 7.00. The first-order valence-corrected chi connectivity index (χ1v) is 9.61. The summed E-state index contributed by atoms with van der Waals surface area (Å²) in [5.41, 5.74) is 3.33. The maximum Gasteiger partial charge on any atom is 0.355 e. The van der Waals surface area contributed by atoms with Gasteiger partial charge in [0.1, 0.15) is 5.69 Å². The Morgan fingerprint density at radius 2 is 1.79 bits per heavy atom. The number of benzene rings is 1. The summed E-state index contributed by atoms with van der Waals surface area (Å²) in [6.07, 6.45) is 1.59. The summed E-state index contributed by atoms with van der Waals surface area (Å²) in [6, 6.07) is 6.48. The molecule has 2 aromatic rings. The lowest BCUT2D eigenvalue weighted by Crippen LogP contribution is -2.43. The lowest BCUT2D eigenvalue weighted by Gasteiger charge is -2.27. The van der Waals surface area contributed by atoms with Gasteiger partial charge in [-0.25, -0.2) is 4.79 Å². The predicted molar refractivity (Wildman–Crippen MR) is 112 cm³/mol. The van der Waals surface area contributed by atoms with E-state index < -0.39 is 12.0 Å². The van der Waals surface area contributed by atoms with E-state index in [0.29, 0.717) is 22.4 Å². The third-order valence-corrected chi connectivity index (χ3v) is 4.90. The van der Waals surface area contributed by atoms with Crippen LogP contribution in [0.15, 0.2) is 36.9 Å². The number of aryl methyl sites for hydroxylation is 2. The van der Waals surface area contributed by atoms with E-state index in [0.717, 1.165) is 5.56 Å². The number of nitrogens with zero attached hydrogens (tertiary/aromatic N) is 1. The maximum absolute atomic E-state index is 13.3. The number of hydrogen-bond donors (Lipinski definition) is 1. The van der Waals surface area contributed by atoms with Crippen molar-refractivity contribution in [3.63, 3.8) is 0 Å². The number of aromatic nitrogens is 1. The highest BCUT2D eigenvalue weighted by Gasteiger charge is 2.31. The average Bonchev–Trinajstić information content (AvgIpc) is 2.99. The third kappa shape index (κ3) is 4.65. The summed E-state index contributed by atoms with van der Waals surface area (Å²) in [5.74, 6) is -0.991. The molecule has 0 bridgehead atoms. The molecule has 154 valence electrons. The SMILES string of the molecule is C=CCN(C(=O)c1ccc(C)cc1)[C@@H](C)C(=O)c1c(C)[nH]c(C(=O)OCC)c1C. The summed E-state index contributed by atoms with van der Waals surface area (Å²) in [6.45, 7) is 13.0. The summed E-state index contributed by atoms with van der Waals surface area (Å²) in [4.78, 5) is 42.9. The fraction of sp³-hybridized carbons (Fsp3) is 0.348. The van der Waals surface area contributed by atoms with Crippen molar-refractivity contribution < 1.29 is 19.1 Å². The van der Waals surface area contributed by atoms with Crippen LogP contribution in [-0.4, -0.2) is 46.7 Å². The highest BCUT2D eigenvalue weighted by atomic mass is 16.5. The van der Waals surface area contributed by atoms with Crippen molar-refractivity contribution in [3.8, 4) is 0 Å². The Morgan fingerprint density at radius 3 is 2.34 bits per heavy atom. The molecular formula is C23H28N2O4. The number of esters is 1. The maximum atomic E-state index is 13.3. The first-order valence-electron chi connectivity index (χ1n) is 9.61. The molecule has 1 aromatic carbocycles. The van der Waals surface area contributed by atoms with Crippen LogP contribution in [0, 0.1) is 20.8 Å². The zero-order chi connectivity index (χ0) is 21.7. The third-order valence-electron chi connectivity index (χ3n) is 4.90. The molecule has 1 amide bonds. The number of nitrogens with one attached hydrogen (secondary N) is 1. The summed E-state index contributed by atoms with van der Waals surface area (Å²) in [7, 11) is 0. The van der Waals surface area contributed by atoms with E-state index in [1.807, 2.05) is 19.1 Å². The number of H-pyrrole nitrogens is 1. The molecule has 0 saturated heterocycles. The molecular weight excluding hydrogens is 368 g/mol. The van der Waals surface area contributed by atoms with Crippen LogP contribution in [0.2, 0.25) is 0 Å². The van der Waals surface area contributed by atoms with Crippen LogP contribution >= 0.6 is 0 Å². The average molecular weight is 396 g/mol. The Balaban J connectivity index is 2.37. The number of carbonyl (C=O) groups excluding carboxylic acids is 3. The van der Waals surface area contributed by atoms with Crippen LogP contribution in [-0.2, 0) is 4.74 Å². The van der Waals surface area contributed by atoms with E-state index in [1.165, 1.54) is 4.90 Å². The first kappa shape index (κ1) is 22.1. The van der Waals surface area contributed by atoms with Gasteiger partial charge >= 0.3 is 5.97 Å². The normalized spacial score (nSPS) is 11.6. The molecule has 1 N–H and O–H groups in total. The van der Waals surface area contributed by atoms with Crippen LogP contribution in [0.1, 0.15) is 61.9 Å². The first-order chi connectivity index (χ1) is 13.7. The van der Waals surface area contributed by atoms with Crippen molar-refractivity contribution in [2.45, 2.75) is 40.7 Å². The Bertz CT molecular complexity index is 925. The molecule has 2 rings (SSSR count). The number of amides is 1. The van der Waals surface area contributed by atoms with Gasteiger partial charge in [0.15, 0.2) is 5.78 Å². The van der Waals surface area contributed by atoms with Gasteiger partial charge in [0.2, 0.25) is 0 Å². The second kappa shape index (κ2) is 9.37. The van der Waals surface area contributed by atoms with Crippen LogP contribution in [0.3, 0.4) is 0 Å². The molecule has 0 fully saturated rings. The summed E-state index contributed by atoms with van der Waals surface area (Å²) < 4.78 is 5.05. The molecule has 1 heterocycles. The van der Waals surface area contributed by atoms with Gasteiger partial charge in [-0.1, -0.05) is 23.8 Å². The lowest BCUT2D eigenvalue weighted by molar-refractivity contribution is 0.0519. The van der Waals surface area contributed by atoms with Gasteiger partial charge in [-0.05, 0) is 52.3 Å². The van der Waals surface area contributed by atoms with Crippen molar-refractivity contribution in [1.82, 2.24) is 9.88 Å². The van der Waals surface area contributed by atoms with Gasteiger partial charge in [-0.3, -0.25) is 9.59 Å². The fourth-order valence-electron chi connectivity index (χ4n) is 3.30. The number of aromatic amines is 1. The van der Waals surface area contributed by atoms with Gasteiger partial charge in [0, 0.05) is 23.4 Å². The summed E-state index contributed by atoms with van der Waals surface area (Å²) in [5, 5.41) is 0. The highest BCUT2D eigenvalue weighted by Crippen LogP contribution is 2.23. The van der Waals surface area contributed by atoms with Gasteiger partial charge in [0.25, 0.3) is 5.91 Å². The van der Waals surface area contributed by atoms with E-state index in [-0.39, 0.29) is 30.5 Å². The minimum Gasteiger partial charge on any atom is -0.461 e. The van der Waals surface area contributed by atoms with Crippen molar-refractivity contribution in [2.24, 2.45) is 0 Å². The zero-order valence-corrected chi connectivity index (χ0v) is 17.7. The Labute approximate surface area is 171 Å². The molecule has 0 spiro atoms. The Kier molecular flexibility index (Phi) is 7.15. The molecule has 0 aliphatic rings. The minimum absolute atomic E-state index is 0.229. The Morgan fingerprint density at radius 1 is 1.17 bits per heavy atom. The van der Waals surface area contributed by atoms with E-state index >= 15 is 0 Å². The molecule has 1 aromatic heterocycles. The quantitative estimate of drug-likeness (QED) is 0.415. The minimum atomic E-state index is -0.731. The molecule has 0 radical (unpaired) electrons. The molecule has 29 heavy (non-hydrogen) atoms. The molecule has 0 unspecified atom stereocenters. The molecule has 0 aliphatic heterocycles. The molecule has 6 nitrogen and oxygen atoms in total. The fourth-order valence-corrected chi connectivity index (χ4v) is 3.30. The topological polar surface area (TPSA) is 79.5 Å². The van der Waals surface area contributed by atoms with Crippen molar-refractivity contribution in [1.29, 1.82) is 0 Å². The van der Waals surface area contributed by atoms with E-state index in [1.54, 1.807) is 45.9 Å². The van der Waals surface area contributed by atoms with Crippen molar-refractivity contribution >= 4 is 17.7 Å². The summed E-state index contributed by atoms with van der Waals surface area (Å²) >= 11 is 0. The van der Waals surface area contributed by atoms with E-state index in [4.69, 9.17) is 4.74 Å². The molecule has 1 atom stereocenters. The lowest BCUT2D eigenvalue weighted by atomic mass is 9.99. The number of carbonyl (C=O) groups is 3.